The standard InChI is InChI=1S/C18H21N5O3S2/c24-17(19-9-8-16-21-20-15-5-1-2-12-23(15)16)13-14-6-7-18(27-14)28(25,26)22-10-3-4-11-22/h1-2,5-7,12H,3-4,8-11,13H2,(H,19,24). The first kappa shape index (κ1) is 19.0. The highest BCUT2D eigenvalue weighted by molar-refractivity contribution is 7.91. The molecule has 0 atom stereocenters. The van der Waals surface area contributed by atoms with Gasteiger partial charge < -0.3 is 5.32 Å². The Morgan fingerprint density at radius 2 is 1.96 bits per heavy atom. The van der Waals surface area contributed by atoms with Gasteiger partial charge in [0, 0.05) is 37.1 Å². The molecular weight excluding hydrogens is 398 g/mol. The first-order chi connectivity index (χ1) is 13.5. The molecule has 3 aromatic rings. The zero-order valence-corrected chi connectivity index (χ0v) is 16.9. The quantitative estimate of drug-likeness (QED) is 0.626. The molecule has 0 spiro atoms. The average Bonchev–Trinajstić information content (AvgIpc) is 3.43. The second kappa shape index (κ2) is 7.98. The van der Waals surface area contributed by atoms with Gasteiger partial charge >= 0.3 is 0 Å². The smallest absolute Gasteiger partial charge is 0.252 e. The van der Waals surface area contributed by atoms with Crippen LogP contribution in [0, 0.1) is 0 Å². The van der Waals surface area contributed by atoms with Gasteiger partial charge in [0.1, 0.15) is 10.0 Å². The number of fused-ring (bicyclic) bond motifs is 1. The van der Waals surface area contributed by atoms with E-state index in [2.05, 4.69) is 15.5 Å². The number of hydrogen-bond donors (Lipinski definition) is 1. The fraction of sp³-hybridized carbons (Fsp3) is 0.389. The maximum absolute atomic E-state index is 12.6. The first-order valence-electron chi connectivity index (χ1n) is 9.18. The Morgan fingerprint density at radius 3 is 2.79 bits per heavy atom. The number of carbonyl (C=O) groups is 1. The molecule has 148 valence electrons. The van der Waals surface area contributed by atoms with Crippen LogP contribution in [0.3, 0.4) is 0 Å². The van der Waals surface area contributed by atoms with Crippen LogP contribution in [0.1, 0.15) is 23.5 Å². The number of aromatic nitrogens is 3. The molecule has 0 saturated carbocycles. The van der Waals surface area contributed by atoms with Gasteiger partial charge in [0.2, 0.25) is 5.91 Å². The normalized spacial score (nSPS) is 15.3. The number of carbonyl (C=O) groups excluding carboxylic acids is 1. The summed E-state index contributed by atoms with van der Waals surface area (Å²) in [5.74, 6) is 0.645. The Morgan fingerprint density at radius 1 is 1.14 bits per heavy atom. The molecule has 0 unspecified atom stereocenters. The summed E-state index contributed by atoms with van der Waals surface area (Å²) >= 11 is 1.17. The number of hydrogen-bond acceptors (Lipinski definition) is 6. The van der Waals surface area contributed by atoms with Crippen LogP contribution in [0.15, 0.2) is 40.7 Å². The van der Waals surface area contributed by atoms with E-state index in [1.807, 2.05) is 28.8 Å². The molecule has 4 rings (SSSR count). The predicted molar refractivity (Wildman–Crippen MR) is 106 cm³/mol. The van der Waals surface area contributed by atoms with Crippen molar-refractivity contribution >= 4 is 32.9 Å². The van der Waals surface area contributed by atoms with E-state index in [1.165, 1.54) is 15.6 Å². The predicted octanol–water partition coefficient (Wildman–Crippen LogP) is 1.48. The maximum atomic E-state index is 12.6. The molecule has 0 aromatic carbocycles. The van der Waals surface area contributed by atoms with Gasteiger partial charge in [-0.3, -0.25) is 9.20 Å². The Labute approximate surface area is 167 Å². The lowest BCUT2D eigenvalue weighted by molar-refractivity contribution is -0.120. The highest BCUT2D eigenvalue weighted by Crippen LogP contribution is 2.27. The minimum absolute atomic E-state index is 0.138. The van der Waals surface area contributed by atoms with Gasteiger partial charge in [0.25, 0.3) is 10.0 Å². The second-order valence-corrected chi connectivity index (χ2v) is 9.99. The Hall–Kier alpha value is -2.30. The summed E-state index contributed by atoms with van der Waals surface area (Å²) in [6.45, 7) is 1.60. The molecule has 0 aliphatic carbocycles. The number of amides is 1. The van der Waals surface area contributed by atoms with Crippen molar-refractivity contribution in [1.29, 1.82) is 0 Å². The Kier molecular flexibility index (Phi) is 5.42. The number of rotatable bonds is 7. The molecule has 1 fully saturated rings. The van der Waals surface area contributed by atoms with E-state index in [9.17, 15) is 13.2 Å². The third kappa shape index (κ3) is 3.94. The monoisotopic (exact) mass is 419 g/mol. The van der Waals surface area contributed by atoms with E-state index in [0.29, 0.717) is 30.3 Å². The first-order valence-corrected chi connectivity index (χ1v) is 11.4. The molecule has 0 radical (unpaired) electrons. The SMILES string of the molecule is O=C(Cc1ccc(S(=O)(=O)N2CCCC2)s1)NCCc1nnc2ccccn12. The Bertz CT molecular complexity index is 1080. The van der Waals surface area contributed by atoms with Crippen LogP contribution in [-0.2, 0) is 27.7 Å². The van der Waals surface area contributed by atoms with E-state index in [-0.39, 0.29) is 12.3 Å². The van der Waals surface area contributed by atoms with E-state index < -0.39 is 10.0 Å². The van der Waals surface area contributed by atoms with Gasteiger partial charge in [0.05, 0.1) is 6.42 Å². The van der Waals surface area contributed by atoms with Gasteiger partial charge in [-0.15, -0.1) is 21.5 Å². The van der Waals surface area contributed by atoms with Gasteiger partial charge in [-0.25, -0.2) is 8.42 Å². The number of nitrogens with one attached hydrogen (secondary N) is 1. The lowest BCUT2D eigenvalue weighted by atomic mass is 10.3. The molecule has 0 bridgehead atoms. The lowest BCUT2D eigenvalue weighted by Gasteiger charge is -2.13. The molecule has 1 saturated heterocycles. The molecule has 10 heteroatoms. The van der Waals surface area contributed by atoms with Crippen LogP contribution in [0.4, 0.5) is 0 Å². The molecule has 1 aliphatic heterocycles. The van der Waals surface area contributed by atoms with Crippen LogP contribution >= 0.6 is 11.3 Å². The zero-order chi connectivity index (χ0) is 19.6. The lowest BCUT2D eigenvalue weighted by Crippen LogP contribution is -2.27. The van der Waals surface area contributed by atoms with Crippen molar-refractivity contribution in [3.8, 4) is 0 Å². The second-order valence-electron chi connectivity index (χ2n) is 6.65. The number of pyridine rings is 1. The van der Waals surface area contributed by atoms with Crippen LogP contribution in [0.25, 0.3) is 5.65 Å². The number of nitrogens with zero attached hydrogens (tertiary/aromatic N) is 4. The summed E-state index contributed by atoms with van der Waals surface area (Å²) in [5.41, 5.74) is 0.772. The topological polar surface area (TPSA) is 96.7 Å². The minimum atomic E-state index is -3.42. The average molecular weight is 420 g/mol. The van der Waals surface area contributed by atoms with Crippen molar-refractivity contribution in [2.75, 3.05) is 19.6 Å². The van der Waals surface area contributed by atoms with Crippen LogP contribution in [0.5, 0.6) is 0 Å². The maximum Gasteiger partial charge on any atom is 0.252 e. The fourth-order valence-corrected chi connectivity index (χ4v) is 6.27. The van der Waals surface area contributed by atoms with Gasteiger partial charge in [-0.05, 0) is 37.1 Å². The van der Waals surface area contributed by atoms with E-state index in [0.717, 1.165) is 29.2 Å². The van der Waals surface area contributed by atoms with E-state index >= 15 is 0 Å². The summed E-state index contributed by atoms with van der Waals surface area (Å²) in [7, 11) is -3.42. The molecule has 1 N–H and O–H groups in total. The Balaban J connectivity index is 1.31. The molecule has 8 nitrogen and oxygen atoms in total. The molecule has 1 amide bonds. The molecule has 1 aliphatic rings. The third-order valence-electron chi connectivity index (χ3n) is 4.69. The number of sulfonamides is 1. The van der Waals surface area contributed by atoms with Gasteiger partial charge in [0.15, 0.2) is 5.65 Å². The van der Waals surface area contributed by atoms with Crippen molar-refractivity contribution < 1.29 is 13.2 Å². The zero-order valence-electron chi connectivity index (χ0n) is 15.2. The third-order valence-corrected chi connectivity index (χ3v) is 8.14. The molecule has 4 heterocycles. The van der Waals surface area contributed by atoms with E-state index in [1.54, 1.807) is 12.1 Å². The van der Waals surface area contributed by atoms with Crippen molar-refractivity contribution in [3.05, 3.63) is 47.2 Å². The van der Waals surface area contributed by atoms with Crippen LogP contribution in [0.2, 0.25) is 0 Å². The highest BCUT2D eigenvalue weighted by Gasteiger charge is 2.28. The largest absolute Gasteiger partial charge is 0.355 e. The number of thiophene rings is 1. The van der Waals surface area contributed by atoms with Crippen molar-refractivity contribution in [2.24, 2.45) is 0 Å². The van der Waals surface area contributed by atoms with Crippen LogP contribution < -0.4 is 5.32 Å². The van der Waals surface area contributed by atoms with Gasteiger partial charge in [-0.1, -0.05) is 6.07 Å². The fourth-order valence-electron chi connectivity index (χ4n) is 3.24. The van der Waals surface area contributed by atoms with E-state index in [4.69, 9.17) is 0 Å². The summed E-state index contributed by atoms with van der Waals surface area (Å²) in [6, 6.07) is 9.00. The molecule has 3 aromatic heterocycles. The van der Waals surface area contributed by atoms with Crippen molar-refractivity contribution in [3.63, 3.8) is 0 Å². The summed E-state index contributed by atoms with van der Waals surface area (Å²) in [4.78, 5) is 13.0. The van der Waals surface area contributed by atoms with Gasteiger partial charge in [-0.2, -0.15) is 4.31 Å². The highest BCUT2D eigenvalue weighted by atomic mass is 32.2. The van der Waals surface area contributed by atoms with Crippen LogP contribution in [-0.4, -0.2) is 52.9 Å². The molecular formula is C18H21N5O3S2. The summed E-state index contributed by atoms with van der Waals surface area (Å²) < 4.78 is 28.9. The molecule has 28 heavy (non-hydrogen) atoms. The summed E-state index contributed by atoms with van der Waals surface area (Å²) in [5, 5.41) is 11.1. The van der Waals surface area contributed by atoms with Crippen molar-refractivity contribution in [2.45, 2.75) is 29.9 Å². The minimum Gasteiger partial charge on any atom is -0.355 e. The van der Waals surface area contributed by atoms with Crippen molar-refractivity contribution in [1.82, 2.24) is 24.2 Å². The summed E-state index contributed by atoms with van der Waals surface area (Å²) in [6.07, 6.45) is 4.43.